The molecule has 3 rings (SSSR count). The number of nitrogens with zero attached hydrogens (tertiary/aromatic N) is 1. The van der Waals surface area contributed by atoms with E-state index in [0.717, 1.165) is 16.8 Å². The topological polar surface area (TPSA) is 44.6 Å². The lowest BCUT2D eigenvalue weighted by molar-refractivity contribution is 0.317. The van der Waals surface area contributed by atoms with Gasteiger partial charge in [0.05, 0.1) is 5.92 Å². The fourth-order valence-corrected chi connectivity index (χ4v) is 2.62. The highest BCUT2D eigenvalue weighted by atomic mass is 16.4. The van der Waals surface area contributed by atoms with E-state index in [1.807, 2.05) is 91.0 Å². The molecule has 0 aliphatic carbocycles. The van der Waals surface area contributed by atoms with Gasteiger partial charge in [0.1, 0.15) is 0 Å². The van der Waals surface area contributed by atoms with Crippen LogP contribution in [0.1, 0.15) is 17.0 Å². The Labute approximate surface area is 135 Å². The molecular formula is C20H18N2O. The van der Waals surface area contributed by atoms with Gasteiger partial charge in [-0.2, -0.15) is 0 Å². The van der Waals surface area contributed by atoms with E-state index in [1.165, 1.54) is 0 Å². The average Bonchev–Trinajstić information content (AvgIpc) is 2.64. The molecule has 114 valence electrons. The Bertz CT molecular complexity index is 716. The predicted molar refractivity (Wildman–Crippen MR) is 94.0 cm³/mol. The second kappa shape index (κ2) is 7.27. The highest BCUT2D eigenvalue weighted by molar-refractivity contribution is 6.02. The van der Waals surface area contributed by atoms with Gasteiger partial charge in [0.15, 0.2) is 5.84 Å². The van der Waals surface area contributed by atoms with Crippen molar-refractivity contribution in [2.24, 2.45) is 5.16 Å². The van der Waals surface area contributed by atoms with Gasteiger partial charge in [-0.15, -0.1) is 0 Å². The molecule has 2 N–H and O–H groups in total. The molecule has 0 unspecified atom stereocenters. The lowest BCUT2D eigenvalue weighted by Crippen LogP contribution is -2.22. The molecule has 3 aromatic carbocycles. The minimum absolute atomic E-state index is 0.164. The fraction of sp³-hybridized carbons (Fsp3) is 0.0500. The van der Waals surface area contributed by atoms with Gasteiger partial charge in [-0.3, -0.25) is 0 Å². The van der Waals surface area contributed by atoms with Crippen molar-refractivity contribution in [3.8, 4) is 0 Å². The normalized spacial score (nSPS) is 11.4. The van der Waals surface area contributed by atoms with Crippen LogP contribution < -0.4 is 5.32 Å². The van der Waals surface area contributed by atoms with Gasteiger partial charge in [-0.05, 0) is 23.3 Å². The minimum Gasteiger partial charge on any atom is -0.409 e. The molecule has 3 aromatic rings. The number of anilines is 1. The summed E-state index contributed by atoms with van der Waals surface area (Å²) in [4.78, 5) is 0. The predicted octanol–water partition coefficient (Wildman–Crippen LogP) is 4.72. The minimum atomic E-state index is -0.164. The number of benzene rings is 3. The van der Waals surface area contributed by atoms with E-state index >= 15 is 0 Å². The van der Waals surface area contributed by atoms with Crippen molar-refractivity contribution in [1.29, 1.82) is 0 Å². The second-order valence-corrected chi connectivity index (χ2v) is 5.23. The fourth-order valence-electron chi connectivity index (χ4n) is 2.62. The average molecular weight is 302 g/mol. The maximum absolute atomic E-state index is 9.61. The summed E-state index contributed by atoms with van der Waals surface area (Å²) in [5.74, 6) is 0.330. The molecule has 3 nitrogen and oxygen atoms in total. The molecule has 0 radical (unpaired) electrons. The summed E-state index contributed by atoms with van der Waals surface area (Å²) < 4.78 is 0. The van der Waals surface area contributed by atoms with Crippen LogP contribution in [0.3, 0.4) is 0 Å². The summed E-state index contributed by atoms with van der Waals surface area (Å²) in [6.07, 6.45) is 0. The highest BCUT2D eigenvalue weighted by Crippen LogP contribution is 2.27. The first-order valence-corrected chi connectivity index (χ1v) is 7.52. The monoisotopic (exact) mass is 302 g/mol. The highest BCUT2D eigenvalue weighted by Gasteiger charge is 2.21. The summed E-state index contributed by atoms with van der Waals surface area (Å²) in [5, 5.41) is 16.4. The largest absolute Gasteiger partial charge is 0.409 e. The van der Waals surface area contributed by atoms with E-state index < -0.39 is 0 Å². The first kappa shape index (κ1) is 14.9. The van der Waals surface area contributed by atoms with Crippen LogP contribution in [0.15, 0.2) is 96.2 Å². The zero-order chi connectivity index (χ0) is 15.9. The van der Waals surface area contributed by atoms with E-state index in [-0.39, 0.29) is 5.92 Å². The Kier molecular flexibility index (Phi) is 4.69. The second-order valence-electron chi connectivity index (χ2n) is 5.23. The van der Waals surface area contributed by atoms with Crippen LogP contribution >= 0.6 is 0 Å². The van der Waals surface area contributed by atoms with E-state index in [4.69, 9.17) is 0 Å². The molecule has 0 amide bonds. The molecule has 0 fully saturated rings. The summed E-state index contributed by atoms with van der Waals surface area (Å²) in [7, 11) is 0. The van der Waals surface area contributed by atoms with Gasteiger partial charge >= 0.3 is 0 Å². The molecule has 0 heterocycles. The first-order valence-electron chi connectivity index (χ1n) is 7.52. The smallest absolute Gasteiger partial charge is 0.158 e. The van der Waals surface area contributed by atoms with Gasteiger partial charge in [0.25, 0.3) is 0 Å². The molecule has 0 saturated carbocycles. The van der Waals surface area contributed by atoms with E-state index in [1.54, 1.807) is 0 Å². The Hall–Kier alpha value is -3.07. The van der Waals surface area contributed by atoms with Crippen LogP contribution in [0.4, 0.5) is 5.69 Å². The van der Waals surface area contributed by atoms with Crippen molar-refractivity contribution >= 4 is 11.5 Å². The van der Waals surface area contributed by atoms with Gasteiger partial charge in [0, 0.05) is 5.69 Å². The van der Waals surface area contributed by atoms with Gasteiger partial charge in [0.2, 0.25) is 0 Å². The zero-order valence-electron chi connectivity index (χ0n) is 12.6. The lowest BCUT2D eigenvalue weighted by atomic mass is 9.90. The third-order valence-electron chi connectivity index (χ3n) is 3.69. The van der Waals surface area contributed by atoms with Crippen LogP contribution in [0.2, 0.25) is 0 Å². The maximum Gasteiger partial charge on any atom is 0.158 e. The number of hydrogen-bond acceptors (Lipinski definition) is 2. The number of oxime groups is 1. The van der Waals surface area contributed by atoms with Crippen molar-refractivity contribution in [3.63, 3.8) is 0 Å². The summed E-state index contributed by atoms with van der Waals surface area (Å²) >= 11 is 0. The van der Waals surface area contributed by atoms with Crippen molar-refractivity contribution < 1.29 is 5.21 Å². The van der Waals surface area contributed by atoms with E-state index in [0.29, 0.717) is 5.84 Å². The Morgan fingerprint density at radius 3 is 1.57 bits per heavy atom. The number of amidine groups is 1. The quantitative estimate of drug-likeness (QED) is 0.317. The SMILES string of the molecule is ON=C(Nc1ccccc1)C(c1ccccc1)c1ccccc1. The third kappa shape index (κ3) is 3.58. The van der Waals surface area contributed by atoms with Gasteiger partial charge in [-0.25, -0.2) is 0 Å². The van der Waals surface area contributed by atoms with Crippen LogP contribution in [-0.4, -0.2) is 11.0 Å². The molecule has 3 heteroatoms. The van der Waals surface area contributed by atoms with Crippen molar-refractivity contribution in [2.45, 2.75) is 5.92 Å². The number of para-hydroxylation sites is 1. The van der Waals surface area contributed by atoms with Crippen molar-refractivity contribution in [3.05, 3.63) is 102 Å². The van der Waals surface area contributed by atoms with Crippen molar-refractivity contribution in [2.75, 3.05) is 5.32 Å². The maximum atomic E-state index is 9.61. The summed E-state index contributed by atoms with van der Waals surface area (Å²) in [6.45, 7) is 0. The molecule has 0 saturated heterocycles. The Morgan fingerprint density at radius 2 is 1.13 bits per heavy atom. The molecule has 0 atom stereocenters. The van der Waals surface area contributed by atoms with Crippen LogP contribution in [0.25, 0.3) is 0 Å². The lowest BCUT2D eigenvalue weighted by Gasteiger charge is -2.20. The van der Waals surface area contributed by atoms with Crippen LogP contribution in [-0.2, 0) is 0 Å². The van der Waals surface area contributed by atoms with E-state index in [2.05, 4.69) is 10.5 Å². The first-order chi connectivity index (χ1) is 11.4. The van der Waals surface area contributed by atoms with Crippen LogP contribution in [0.5, 0.6) is 0 Å². The van der Waals surface area contributed by atoms with E-state index in [9.17, 15) is 5.21 Å². The standard InChI is InChI=1S/C20H18N2O/c23-22-20(21-18-14-8-3-9-15-18)19(16-10-4-1-5-11-16)17-12-6-2-7-13-17/h1-15,19,23H,(H,21,22). The summed E-state index contributed by atoms with van der Waals surface area (Å²) in [5.41, 5.74) is 3.02. The zero-order valence-corrected chi connectivity index (χ0v) is 12.6. The molecule has 0 aliphatic rings. The van der Waals surface area contributed by atoms with Crippen molar-refractivity contribution in [1.82, 2.24) is 0 Å². The number of nitrogens with one attached hydrogen (secondary N) is 1. The van der Waals surface area contributed by atoms with Crippen LogP contribution in [0, 0.1) is 0 Å². The molecule has 0 spiro atoms. The molecular weight excluding hydrogens is 284 g/mol. The summed E-state index contributed by atoms with van der Waals surface area (Å²) in [6, 6.07) is 29.8. The Balaban J connectivity index is 2.00. The molecule has 0 bridgehead atoms. The molecule has 0 aromatic heterocycles. The Morgan fingerprint density at radius 1 is 0.696 bits per heavy atom. The molecule has 23 heavy (non-hydrogen) atoms. The third-order valence-corrected chi connectivity index (χ3v) is 3.69. The molecule has 0 aliphatic heterocycles. The number of hydrogen-bond donors (Lipinski definition) is 2. The van der Waals surface area contributed by atoms with Gasteiger partial charge in [-0.1, -0.05) is 84.0 Å². The van der Waals surface area contributed by atoms with Gasteiger partial charge < -0.3 is 10.5 Å². The number of rotatable bonds is 4.